The number of ether oxygens (including phenoxy) is 2. The highest BCUT2D eigenvalue weighted by atomic mass is 16.5. The minimum atomic E-state index is -0.0940. The summed E-state index contributed by atoms with van der Waals surface area (Å²) in [6.45, 7) is 1.39. The van der Waals surface area contributed by atoms with E-state index in [2.05, 4.69) is 15.0 Å². The first-order valence-corrected chi connectivity index (χ1v) is 7.99. The highest BCUT2D eigenvalue weighted by Crippen LogP contribution is 2.20. The van der Waals surface area contributed by atoms with Crippen LogP contribution in [-0.4, -0.2) is 45.7 Å². The topological polar surface area (TPSA) is 81.9 Å². The van der Waals surface area contributed by atoms with E-state index in [0.717, 1.165) is 13.0 Å². The summed E-state index contributed by atoms with van der Waals surface area (Å²) in [7, 11) is 1.56. The Kier molecular flexibility index (Phi) is 3.93. The molecule has 0 spiro atoms. The van der Waals surface area contributed by atoms with E-state index in [4.69, 9.17) is 9.47 Å². The predicted octanol–water partition coefficient (Wildman–Crippen LogP) is 1.15. The third-order valence-electron chi connectivity index (χ3n) is 4.14. The maximum Gasteiger partial charge on any atom is 0.316 e. The van der Waals surface area contributed by atoms with E-state index in [1.54, 1.807) is 31.8 Å². The van der Waals surface area contributed by atoms with E-state index in [0.29, 0.717) is 29.8 Å². The maximum absolute atomic E-state index is 12.2. The van der Waals surface area contributed by atoms with Crippen LogP contribution in [0.5, 0.6) is 11.8 Å². The fourth-order valence-corrected chi connectivity index (χ4v) is 2.86. The van der Waals surface area contributed by atoms with Gasteiger partial charge in [-0.05, 0) is 12.1 Å². The van der Waals surface area contributed by atoms with Crippen LogP contribution in [0.4, 0.5) is 5.82 Å². The van der Waals surface area contributed by atoms with E-state index >= 15 is 0 Å². The first kappa shape index (κ1) is 15.4. The van der Waals surface area contributed by atoms with Crippen molar-refractivity contribution in [3.63, 3.8) is 0 Å². The molecule has 0 N–H and O–H groups in total. The molecule has 4 rings (SSSR count). The van der Waals surface area contributed by atoms with Gasteiger partial charge >= 0.3 is 6.01 Å². The van der Waals surface area contributed by atoms with Crippen molar-refractivity contribution in [2.24, 2.45) is 0 Å². The number of fused-ring (bicyclic) bond motifs is 1. The largest absolute Gasteiger partial charge is 0.494 e. The molecule has 4 heterocycles. The van der Waals surface area contributed by atoms with Crippen LogP contribution in [0, 0.1) is 0 Å². The van der Waals surface area contributed by atoms with Gasteiger partial charge in [0.1, 0.15) is 17.6 Å². The third kappa shape index (κ3) is 3.10. The zero-order chi connectivity index (χ0) is 17.2. The van der Waals surface area contributed by atoms with Crippen molar-refractivity contribution in [1.82, 2.24) is 19.4 Å². The number of hydrogen-bond acceptors (Lipinski definition) is 7. The number of anilines is 1. The molecule has 1 fully saturated rings. The lowest BCUT2D eigenvalue weighted by atomic mass is 10.3. The van der Waals surface area contributed by atoms with Crippen molar-refractivity contribution >= 4 is 11.5 Å². The molecule has 8 nitrogen and oxygen atoms in total. The summed E-state index contributed by atoms with van der Waals surface area (Å²) in [6.07, 6.45) is 5.61. The lowest BCUT2D eigenvalue weighted by Gasteiger charge is -2.17. The minimum absolute atomic E-state index is 0.0515. The Morgan fingerprint density at radius 3 is 2.88 bits per heavy atom. The van der Waals surface area contributed by atoms with Crippen molar-refractivity contribution in [2.75, 3.05) is 25.1 Å². The molecule has 0 amide bonds. The van der Waals surface area contributed by atoms with E-state index in [-0.39, 0.29) is 11.7 Å². The molecule has 8 heteroatoms. The Hall–Kier alpha value is -3.16. The van der Waals surface area contributed by atoms with Crippen LogP contribution in [0.1, 0.15) is 6.42 Å². The minimum Gasteiger partial charge on any atom is -0.494 e. The molecule has 25 heavy (non-hydrogen) atoms. The van der Waals surface area contributed by atoms with E-state index in [9.17, 15) is 4.79 Å². The second kappa shape index (κ2) is 6.39. The van der Waals surface area contributed by atoms with Crippen LogP contribution in [-0.2, 0) is 0 Å². The first-order valence-electron chi connectivity index (χ1n) is 7.99. The summed E-state index contributed by atoms with van der Waals surface area (Å²) < 4.78 is 12.4. The molecule has 0 radical (unpaired) electrons. The molecule has 1 unspecified atom stereocenters. The fraction of sp³-hybridized carbons (Fsp3) is 0.294. The molecule has 1 atom stereocenters. The van der Waals surface area contributed by atoms with Crippen LogP contribution in [0.15, 0.2) is 47.7 Å². The zero-order valence-electron chi connectivity index (χ0n) is 13.7. The Labute approximate surface area is 143 Å². The number of rotatable bonds is 4. The Bertz CT molecular complexity index is 941. The highest BCUT2D eigenvalue weighted by Gasteiger charge is 2.26. The molecule has 3 aromatic rings. The number of hydrogen-bond donors (Lipinski definition) is 0. The van der Waals surface area contributed by atoms with E-state index in [1.165, 1.54) is 4.40 Å². The summed E-state index contributed by atoms with van der Waals surface area (Å²) in [6, 6.07) is 7.37. The summed E-state index contributed by atoms with van der Waals surface area (Å²) >= 11 is 0. The van der Waals surface area contributed by atoms with Gasteiger partial charge in [0.2, 0.25) is 0 Å². The van der Waals surface area contributed by atoms with Crippen LogP contribution in [0.2, 0.25) is 0 Å². The molecule has 3 aromatic heterocycles. The Morgan fingerprint density at radius 1 is 1.24 bits per heavy atom. The predicted molar refractivity (Wildman–Crippen MR) is 91.3 cm³/mol. The van der Waals surface area contributed by atoms with Gasteiger partial charge in [-0.25, -0.2) is 4.98 Å². The lowest BCUT2D eigenvalue weighted by Crippen LogP contribution is -2.27. The van der Waals surface area contributed by atoms with Crippen LogP contribution in [0.25, 0.3) is 5.65 Å². The van der Waals surface area contributed by atoms with Gasteiger partial charge < -0.3 is 14.4 Å². The second-order valence-electron chi connectivity index (χ2n) is 5.76. The van der Waals surface area contributed by atoms with Gasteiger partial charge in [-0.2, -0.15) is 9.97 Å². The SMILES string of the molecule is COc1cnc(OC2CCN(c3cc(=O)n4ccccc4n3)C2)nc1. The second-order valence-corrected chi connectivity index (χ2v) is 5.76. The molecule has 128 valence electrons. The van der Waals surface area contributed by atoms with E-state index in [1.807, 2.05) is 23.1 Å². The van der Waals surface area contributed by atoms with Gasteiger partial charge in [0.25, 0.3) is 5.56 Å². The van der Waals surface area contributed by atoms with Gasteiger partial charge in [0.05, 0.1) is 26.0 Å². The standard InChI is InChI=1S/C17H17N5O3/c1-24-13-9-18-17(19-10-13)25-12-5-7-21(11-12)15-8-16(23)22-6-3-2-4-14(22)20-15/h2-4,6,8-10,12H,5,7,11H2,1H3. The molecular formula is C17H17N5O3. The number of pyridine rings is 1. The average Bonchev–Trinajstić information content (AvgIpc) is 3.11. The first-order chi connectivity index (χ1) is 12.2. The molecule has 1 aliphatic heterocycles. The fourth-order valence-electron chi connectivity index (χ4n) is 2.86. The smallest absolute Gasteiger partial charge is 0.316 e. The lowest BCUT2D eigenvalue weighted by molar-refractivity contribution is 0.205. The maximum atomic E-state index is 12.2. The number of nitrogens with zero attached hydrogens (tertiary/aromatic N) is 5. The van der Waals surface area contributed by atoms with Crippen molar-refractivity contribution in [3.8, 4) is 11.8 Å². The van der Waals surface area contributed by atoms with Crippen molar-refractivity contribution in [3.05, 3.63) is 53.2 Å². The van der Waals surface area contributed by atoms with Crippen molar-refractivity contribution < 1.29 is 9.47 Å². The monoisotopic (exact) mass is 339 g/mol. The van der Waals surface area contributed by atoms with Gasteiger partial charge in [-0.15, -0.1) is 0 Å². The molecule has 0 aliphatic carbocycles. The van der Waals surface area contributed by atoms with Gasteiger partial charge in [0.15, 0.2) is 5.75 Å². The molecule has 0 bridgehead atoms. The average molecular weight is 339 g/mol. The van der Waals surface area contributed by atoms with Crippen LogP contribution >= 0.6 is 0 Å². The van der Waals surface area contributed by atoms with Crippen LogP contribution < -0.4 is 19.9 Å². The number of aromatic nitrogens is 4. The van der Waals surface area contributed by atoms with Crippen LogP contribution in [0.3, 0.4) is 0 Å². The molecule has 1 aliphatic rings. The summed E-state index contributed by atoms with van der Waals surface area (Å²) in [4.78, 5) is 27.1. The number of methoxy groups -OCH3 is 1. The molecule has 0 saturated carbocycles. The van der Waals surface area contributed by atoms with Gasteiger partial charge in [-0.3, -0.25) is 9.20 Å². The molecule has 1 saturated heterocycles. The van der Waals surface area contributed by atoms with Crippen molar-refractivity contribution in [2.45, 2.75) is 12.5 Å². The Morgan fingerprint density at radius 2 is 2.08 bits per heavy atom. The summed E-state index contributed by atoms with van der Waals surface area (Å²) in [5.74, 6) is 1.25. The van der Waals surface area contributed by atoms with Gasteiger partial charge in [-0.1, -0.05) is 6.07 Å². The van der Waals surface area contributed by atoms with Crippen molar-refractivity contribution in [1.29, 1.82) is 0 Å². The zero-order valence-corrected chi connectivity index (χ0v) is 13.7. The third-order valence-corrected chi connectivity index (χ3v) is 4.14. The molecular weight excluding hydrogens is 322 g/mol. The summed E-state index contributed by atoms with van der Waals surface area (Å²) in [5.41, 5.74) is 0.538. The Balaban J connectivity index is 1.49. The van der Waals surface area contributed by atoms with E-state index < -0.39 is 0 Å². The quantitative estimate of drug-likeness (QED) is 0.705. The summed E-state index contributed by atoms with van der Waals surface area (Å²) in [5, 5.41) is 0. The normalized spacial score (nSPS) is 17.0. The highest BCUT2D eigenvalue weighted by molar-refractivity contribution is 5.48. The molecule has 0 aromatic carbocycles. The van der Waals surface area contributed by atoms with Gasteiger partial charge in [0, 0.05) is 25.2 Å².